The van der Waals surface area contributed by atoms with Crippen LogP contribution in [0.15, 0.2) is 60.8 Å². The lowest BCUT2D eigenvalue weighted by Gasteiger charge is -2.40. The van der Waals surface area contributed by atoms with E-state index in [1.807, 2.05) is 18.2 Å². The third-order valence-electron chi connectivity index (χ3n) is 11.1. The van der Waals surface area contributed by atoms with Crippen molar-refractivity contribution in [2.24, 2.45) is 0 Å². The molecule has 1 aliphatic rings. The van der Waals surface area contributed by atoms with Gasteiger partial charge in [-0.1, -0.05) is 203 Å². The van der Waals surface area contributed by atoms with Gasteiger partial charge in [0.05, 0.1) is 25.4 Å². The van der Waals surface area contributed by atoms with E-state index in [0.29, 0.717) is 6.42 Å². The van der Waals surface area contributed by atoms with E-state index < -0.39 is 49.5 Å². The van der Waals surface area contributed by atoms with Crippen LogP contribution in [0.2, 0.25) is 0 Å². The second-order valence-electron chi connectivity index (χ2n) is 16.5. The zero-order valence-electron chi connectivity index (χ0n) is 37.5. The fourth-order valence-electron chi connectivity index (χ4n) is 7.28. The van der Waals surface area contributed by atoms with Crippen LogP contribution in [0.4, 0.5) is 0 Å². The highest BCUT2D eigenvalue weighted by Gasteiger charge is 2.44. The summed E-state index contributed by atoms with van der Waals surface area (Å²) >= 11 is 0. The number of carbonyl (C=O) groups excluding carboxylic acids is 1. The highest BCUT2D eigenvalue weighted by Crippen LogP contribution is 2.22. The molecule has 0 spiro atoms. The van der Waals surface area contributed by atoms with Crippen molar-refractivity contribution in [1.29, 1.82) is 0 Å². The Morgan fingerprint density at radius 3 is 1.53 bits per heavy atom. The van der Waals surface area contributed by atoms with Gasteiger partial charge in [0.15, 0.2) is 6.29 Å². The van der Waals surface area contributed by atoms with E-state index in [4.69, 9.17) is 9.47 Å². The summed E-state index contributed by atoms with van der Waals surface area (Å²) in [6.45, 7) is 3.61. The van der Waals surface area contributed by atoms with Crippen LogP contribution in [0.1, 0.15) is 194 Å². The molecule has 1 aliphatic heterocycles. The highest BCUT2D eigenvalue weighted by molar-refractivity contribution is 5.76. The Bertz CT molecular complexity index is 1100. The maximum atomic E-state index is 12.9. The maximum absolute atomic E-state index is 12.9. The van der Waals surface area contributed by atoms with E-state index in [1.54, 1.807) is 6.08 Å². The first-order valence-electron chi connectivity index (χ1n) is 24.0. The van der Waals surface area contributed by atoms with E-state index in [9.17, 15) is 30.3 Å². The minimum Gasteiger partial charge on any atom is -0.394 e. The van der Waals surface area contributed by atoms with Crippen LogP contribution >= 0.6 is 0 Å². The van der Waals surface area contributed by atoms with Gasteiger partial charge in [-0.3, -0.25) is 4.79 Å². The lowest BCUT2D eigenvalue weighted by Crippen LogP contribution is -2.60. The van der Waals surface area contributed by atoms with E-state index in [1.165, 1.54) is 122 Å². The van der Waals surface area contributed by atoms with Crippen molar-refractivity contribution in [3.05, 3.63) is 60.8 Å². The van der Waals surface area contributed by atoms with Crippen LogP contribution < -0.4 is 5.32 Å². The zero-order chi connectivity index (χ0) is 43.0. The number of allylic oxidation sites excluding steroid dienone is 9. The zero-order valence-corrected chi connectivity index (χ0v) is 37.5. The normalized spacial score (nSPS) is 21.2. The molecule has 7 atom stereocenters. The second kappa shape index (κ2) is 40.0. The Hall–Kier alpha value is -2.11. The van der Waals surface area contributed by atoms with E-state index in [2.05, 4.69) is 55.6 Å². The minimum atomic E-state index is -1.58. The average molecular weight is 832 g/mol. The maximum Gasteiger partial charge on any atom is 0.220 e. The molecule has 0 aromatic rings. The first kappa shape index (κ1) is 54.9. The van der Waals surface area contributed by atoms with Crippen molar-refractivity contribution in [3.63, 3.8) is 0 Å². The minimum absolute atomic E-state index is 0.219. The molecule has 0 aromatic carbocycles. The predicted octanol–water partition coefficient (Wildman–Crippen LogP) is 10.4. The first-order chi connectivity index (χ1) is 28.8. The molecule has 0 aromatic heterocycles. The molecule has 7 unspecified atom stereocenters. The molecule has 9 heteroatoms. The van der Waals surface area contributed by atoms with Crippen LogP contribution in [-0.4, -0.2) is 87.5 Å². The fourth-order valence-corrected chi connectivity index (χ4v) is 7.28. The summed E-state index contributed by atoms with van der Waals surface area (Å²) in [5.74, 6) is -0.258. The number of hydrogen-bond acceptors (Lipinski definition) is 8. The standard InChI is InChI=1S/C50H89NO8/c1-3-5-7-9-11-13-15-17-18-19-20-21-22-23-24-25-26-28-29-31-33-35-37-39-44(53)43(42-58-50-49(57)48(56)47(55)45(41-52)59-50)51-46(54)40-38-36-34-32-30-27-16-14-12-10-8-6-4-2/h6,8,12,14,27,30,34,36-37,39,43-45,47-50,52-53,55-57H,3-5,7,9-11,13,15-26,28-29,31-33,35,38,40-42H2,1-2H3,(H,51,54)/b8-6-,14-12-,30-27-,36-34-,39-37+. The third-order valence-corrected chi connectivity index (χ3v) is 11.1. The summed E-state index contributed by atoms with van der Waals surface area (Å²) in [7, 11) is 0. The molecule has 0 saturated carbocycles. The number of aliphatic hydroxyl groups excluding tert-OH is 5. The molecule has 0 bridgehead atoms. The summed E-state index contributed by atoms with van der Waals surface area (Å²) < 4.78 is 11.2. The van der Waals surface area contributed by atoms with Crippen molar-refractivity contribution in [2.75, 3.05) is 13.2 Å². The van der Waals surface area contributed by atoms with Gasteiger partial charge in [0, 0.05) is 6.42 Å². The summed E-state index contributed by atoms with van der Waals surface area (Å²) in [6, 6.07) is -0.844. The van der Waals surface area contributed by atoms with Crippen molar-refractivity contribution in [1.82, 2.24) is 5.32 Å². The smallest absolute Gasteiger partial charge is 0.220 e. The SMILES string of the molecule is CC/C=C\C/C=C\C/C=C\C/C=C\CCC(=O)NC(COC1OC(CO)C(O)C(O)C1O)C(O)/C=C/CCCCCCCCCCCCCCCCCCCCCCC. The van der Waals surface area contributed by atoms with E-state index in [0.717, 1.165) is 44.9 Å². The van der Waals surface area contributed by atoms with Crippen molar-refractivity contribution >= 4 is 5.91 Å². The van der Waals surface area contributed by atoms with E-state index >= 15 is 0 Å². The monoisotopic (exact) mass is 832 g/mol. The molecule has 1 saturated heterocycles. The Balaban J connectivity index is 2.33. The lowest BCUT2D eigenvalue weighted by molar-refractivity contribution is -0.302. The predicted molar refractivity (Wildman–Crippen MR) is 244 cm³/mol. The van der Waals surface area contributed by atoms with Gasteiger partial charge in [0.25, 0.3) is 0 Å². The van der Waals surface area contributed by atoms with Crippen molar-refractivity contribution in [3.8, 4) is 0 Å². The number of unbranched alkanes of at least 4 members (excludes halogenated alkanes) is 21. The summed E-state index contributed by atoms with van der Waals surface area (Å²) in [4.78, 5) is 12.9. The van der Waals surface area contributed by atoms with Gasteiger partial charge >= 0.3 is 0 Å². The summed E-state index contributed by atoms with van der Waals surface area (Å²) in [5, 5.41) is 54.1. The molecule has 1 heterocycles. The van der Waals surface area contributed by atoms with Crippen molar-refractivity contribution in [2.45, 2.75) is 236 Å². The molecular weight excluding hydrogens is 743 g/mol. The molecule has 1 amide bonds. The topological polar surface area (TPSA) is 149 Å². The number of ether oxygens (including phenoxy) is 2. The average Bonchev–Trinajstić information content (AvgIpc) is 3.23. The molecule has 0 radical (unpaired) electrons. The van der Waals surface area contributed by atoms with Gasteiger partial charge in [-0.15, -0.1) is 0 Å². The molecule has 1 fully saturated rings. The van der Waals surface area contributed by atoms with Crippen LogP contribution in [0, 0.1) is 0 Å². The molecule has 6 N–H and O–H groups in total. The Kier molecular flexibility index (Phi) is 37.2. The van der Waals surface area contributed by atoms with Gasteiger partial charge in [-0.05, 0) is 44.9 Å². The number of amides is 1. The van der Waals surface area contributed by atoms with Gasteiger partial charge in [0.2, 0.25) is 5.91 Å². The first-order valence-corrected chi connectivity index (χ1v) is 24.0. The fraction of sp³-hybridized carbons (Fsp3) is 0.780. The quantitative estimate of drug-likeness (QED) is 0.0265. The Morgan fingerprint density at radius 2 is 1.05 bits per heavy atom. The number of aliphatic hydroxyl groups is 5. The molecule has 1 rings (SSSR count). The Morgan fingerprint density at radius 1 is 0.593 bits per heavy atom. The molecule has 342 valence electrons. The molecule has 9 nitrogen and oxygen atoms in total. The number of nitrogens with one attached hydrogen (secondary N) is 1. The lowest BCUT2D eigenvalue weighted by atomic mass is 9.99. The van der Waals surface area contributed by atoms with Gasteiger partial charge in [0.1, 0.15) is 24.4 Å². The van der Waals surface area contributed by atoms with E-state index in [-0.39, 0.29) is 18.9 Å². The summed E-state index contributed by atoms with van der Waals surface area (Å²) in [5.41, 5.74) is 0. The number of hydrogen-bond donors (Lipinski definition) is 6. The van der Waals surface area contributed by atoms with Crippen LogP contribution in [-0.2, 0) is 14.3 Å². The van der Waals surface area contributed by atoms with Gasteiger partial charge in [-0.2, -0.15) is 0 Å². The third kappa shape index (κ3) is 30.6. The largest absolute Gasteiger partial charge is 0.394 e. The molecule has 0 aliphatic carbocycles. The van der Waals surface area contributed by atoms with Crippen molar-refractivity contribution < 1.29 is 39.8 Å². The Labute approximate surface area is 360 Å². The second-order valence-corrected chi connectivity index (χ2v) is 16.5. The van der Waals surface area contributed by atoms with Crippen LogP contribution in [0.5, 0.6) is 0 Å². The highest BCUT2D eigenvalue weighted by atomic mass is 16.7. The molecular formula is C50H89NO8. The number of carbonyl (C=O) groups is 1. The summed E-state index contributed by atoms with van der Waals surface area (Å²) in [6.07, 6.45) is 45.8. The van der Waals surface area contributed by atoms with Gasteiger partial charge < -0.3 is 40.3 Å². The number of rotatable bonds is 39. The van der Waals surface area contributed by atoms with Crippen LogP contribution in [0.3, 0.4) is 0 Å². The van der Waals surface area contributed by atoms with Crippen LogP contribution in [0.25, 0.3) is 0 Å². The molecule has 59 heavy (non-hydrogen) atoms. The van der Waals surface area contributed by atoms with Gasteiger partial charge in [-0.25, -0.2) is 0 Å².